The quantitative estimate of drug-likeness (QED) is 0.750. The molecule has 1 aromatic rings. The number of hydrogen-bond donors (Lipinski definition) is 1. The molecule has 0 spiro atoms. The maximum Gasteiger partial charge on any atom is 0.218 e. The molecule has 2 heterocycles. The molecular formula is C8H12ClN3OS. The Morgan fingerprint density at radius 2 is 2.14 bits per heavy atom. The van der Waals surface area contributed by atoms with Gasteiger partial charge in [0.1, 0.15) is 0 Å². The van der Waals surface area contributed by atoms with Gasteiger partial charge in [-0.25, -0.2) is 9.97 Å². The van der Waals surface area contributed by atoms with Crippen molar-refractivity contribution in [3.63, 3.8) is 0 Å². The van der Waals surface area contributed by atoms with E-state index in [9.17, 15) is 4.21 Å². The summed E-state index contributed by atoms with van der Waals surface area (Å²) in [6.07, 6.45) is 4.20. The van der Waals surface area contributed by atoms with Crippen molar-refractivity contribution < 1.29 is 4.21 Å². The number of halogens is 1. The molecule has 0 radical (unpaired) electrons. The fourth-order valence-electron chi connectivity index (χ4n) is 1.35. The summed E-state index contributed by atoms with van der Waals surface area (Å²) in [5, 5.41) is 3.81. The molecule has 1 saturated heterocycles. The first-order valence-corrected chi connectivity index (χ1v) is 5.47. The lowest BCUT2D eigenvalue weighted by molar-refractivity contribution is 0.664. The Morgan fingerprint density at radius 1 is 1.43 bits per heavy atom. The van der Waals surface area contributed by atoms with Crippen LogP contribution in [0.4, 0.5) is 0 Å². The zero-order chi connectivity index (χ0) is 9.10. The summed E-state index contributed by atoms with van der Waals surface area (Å²) in [5.41, 5.74) is 0. The van der Waals surface area contributed by atoms with Crippen LogP contribution < -0.4 is 5.32 Å². The van der Waals surface area contributed by atoms with Gasteiger partial charge in [0, 0.05) is 18.9 Å². The van der Waals surface area contributed by atoms with Crippen molar-refractivity contribution in [2.75, 3.05) is 13.1 Å². The van der Waals surface area contributed by atoms with Crippen LogP contribution in [-0.2, 0) is 10.8 Å². The van der Waals surface area contributed by atoms with Gasteiger partial charge in [-0.1, -0.05) is 0 Å². The molecule has 1 aliphatic heterocycles. The Balaban J connectivity index is 0.000000980. The molecule has 1 N–H and O–H groups in total. The maximum absolute atomic E-state index is 11.8. The zero-order valence-electron chi connectivity index (χ0n) is 7.55. The Kier molecular flexibility index (Phi) is 4.44. The highest BCUT2D eigenvalue weighted by Crippen LogP contribution is 2.11. The van der Waals surface area contributed by atoms with Crippen molar-refractivity contribution in [3.8, 4) is 0 Å². The van der Waals surface area contributed by atoms with Crippen molar-refractivity contribution in [2.24, 2.45) is 0 Å². The number of rotatable bonds is 2. The van der Waals surface area contributed by atoms with E-state index in [1.807, 2.05) is 0 Å². The van der Waals surface area contributed by atoms with Gasteiger partial charge in [0.25, 0.3) is 0 Å². The summed E-state index contributed by atoms with van der Waals surface area (Å²) < 4.78 is 11.8. The lowest BCUT2D eigenvalue weighted by atomic mass is 10.4. The largest absolute Gasteiger partial charge is 0.315 e. The van der Waals surface area contributed by atoms with Crippen molar-refractivity contribution in [1.82, 2.24) is 15.3 Å². The van der Waals surface area contributed by atoms with E-state index in [0.717, 1.165) is 19.5 Å². The summed E-state index contributed by atoms with van der Waals surface area (Å²) in [5.74, 6) is 0. The molecule has 0 bridgehead atoms. The highest BCUT2D eigenvalue weighted by molar-refractivity contribution is 7.85. The Labute approximate surface area is 91.4 Å². The summed E-state index contributed by atoms with van der Waals surface area (Å²) in [4.78, 5) is 7.97. The van der Waals surface area contributed by atoms with Crippen molar-refractivity contribution in [1.29, 1.82) is 0 Å². The number of nitrogens with zero attached hydrogens (tertiary/aromatic N) is 2. The van der Waals surface area contributed by atoms with Crippen LogP contribution in [-0.4, -0.2) is 32.5 Å². The zero-order valence-corrected chi connectivity index (χ0v) is 9.18. The molecule has 0 unspecified atom stereocenters. The molecule has 0 aliphatic carbocycles. The van der Waals surface area contributed by atoms with Gasteiger partial charge < -0.3 is 5.32 Å². The van der Waals surface area contributed by atoms with Crippen molar-refractivity contribution in [3.05, 3.63) is 18.5 Å². The lowest BCUT2D eigenvalue weighted by Gasteiger charge is -2.05. The van der Waals surface area contributed by atoms with Gasteiger partial charge in [-0.15, -0.1) is 12.4 Å². The summed E-state index contributed by atoms with van der Waals surface area (Å²) in [7, 11) is -1.04. The SMILES string of the molecule is Cl.O=[S@@](c1ncccn1)[C@H]1CCNC1. The monoisotopic (exact) mass is 233 g/mol. The van der Waals surface area contributed by atoms with Gasteiger partial charge in [-0.3, -0.25) is 4.21 Å². The van der Waals surface area contributed by atoms with Crippen LogP contribution in [0.5, 0.6) is 0 Å². The minimum absolute atomic E-state index is 0. The highest BCUT2D eigenvalue weighted by Gasteiger charge is 2.23. The van der Waals surface area contributed by atoms with Crippen molar-refractivity contribution in [2.45, 2.75) is 16.8 Å². The van der Waals surface area contributed by atoms with Crippen molar-refractivity contribution >= 4 is 23.2 Å². The van der Waals surface area contributed by atoms with E-state index in [0.29, 0.717) is 5.16 Å². The average Bonchev–Trinajstić information content (AvgIpc) is 2.71. The third-order valence-electron chi connectivity index (χ3n) is 2.04. The molecule has 0 amide bonds. The average molecular weight is 234 g/mol. The Morgan fingerprint density at radius 3 is 2.71 bits per heavy atom. The van der Waals surface area contributed by atoms with E-state index >= 15 is 0 Å². The Hall–Kier alpha value is -0.520. The second-order valence-electron chi connectivity index (χ2n) is 2.94. The number of nitrogens with one attached hydrogen (secondary N) is 1. The first-order chi connectivity index (χ1) is 6.38. The van der Waals surface area contributed by atoms with E-state index in [2.05, 4.69) is 15.3 Å². The van der Waals surface area contributed by atoms with Gasteiger partial charge >= 0.3 is 0 Å². The molecule has 2 rings (SSSR count). The highest BCUT2D eigenvalue weighted by atomic mass is 35.5. The molecule has 1 aliphatic rings. The predicted molar refractivity (Wildman–Crippen MR) is 57.0 cm³/mol. The van der Waals surface area contributed by atoms with E-state index in [1.165, 1.54) is 0 Å². The summed E-state index contributed by atoms with van der Waals surface area (Å²) in [6.45, 7) is 1.76. The molecule has 14 heavy (non-hydrogen) atoms. The molecule has 0 saturated carbocycles. The Bertz CT molecular complexity index is 303. The third kappa shape index (κ3) is 2.50. The van der Waals surface area contributed by atoms with Crippen LogP contribution in [0.25, 0.3) is 0 Å². The van der Waals surface area contributed by atoms with Crippen LogP contribution in [0.15, 0.2) is 23.6 Å². The smallest absolute Gasteiger partial charge is 0.218 e. The van der Waals surface area contributed by atoms with Crippen LogP contribution in [0, 0.1) is 0 Å². The molecule has 1 fully saturated rings. The van der Waals surface area contributed by atoms with E-state index in [1.54, 1.807) is 18.5 Å². The topological polar surface area (TPSA) is 54.9 Å². The first-order valence-electron chi connectivity index (χ1n) is 4.26. The normalized spacial score (nSPS) is 22.7. The molecule has 78 valence electrons. The minimum Gasteiger partial charge on any atom is -0.315 e. The molecule has 6 heteroatoms. The maximum atomic E-state index is 11.8. The number of aromatic nitrogens is 2. The van der Waals surface area contributed by atoms with Gasteiger partial charge in [0.05, 0.1) is 16.0 Å². The van der Waals surface area contributed by atoms with Gasteiger partial charge in [-0.05, 0) is 19.0 Å². The van der Waals surface area contributed by atoms with Crippen LogP contribution >= 0.6 is 12.4 Å². The molecule has 1 aromatic heterocycles. The van der Waals surface area contributed by atoms with Crippen LogP contribution in [0.2, 0.25) is 0 Å². The summed E-state index contributed by atoms with van der Waals surface area (Å²) in [6, 6.07) is 1.73. The fourth-order valence-corrected chi connectivity index (χ4v) is 2.58. The molecule has 0 aromatic carbocycles. The second-order valence-corrected chi connectivity index (χ2v) is 4.57. The summed E-state index contributed by atoms with van der Waals surface area (Å²) >= 11 is 0. The van der Waals surface area contributed by atoms with E-state index < -0.39 is 10.8 Å². The molecular weight excluding hydrogens is 222 g/mol. The number of hydrogen-bond acceptors (Lipinski definition) is 4. The molecule has 4 nitrogen and oxygen atoms in total. The van der Waals surface area contributed by atoms with Crippen LogP contribution in [0.1, 0.15) is 6.42 Å². The lowest BCUT2D eigenvalue weighted by Crippen LogP contribution is -2.20. The van der Waals surface area contributed by atoms with Gasteiger partial charge in [-0.2, -0.15) is 0 Å². The predicted octanol–water partition coefficient (Wildman–Crippen LogP) is 0.368. The first kappa shape index (κ1) is 11.6. The minimum atomic E-state index is -1.04. The van der Waals surface area contributed by atoms with E-state index in [4.69, 9.17) is 0 Å². The van der Waals surface area contributed by atoms with Gasteiger partial charge in [0.2, 0.25) is 5.16 Å². The third-order valence-corrected chi connectivity index (χ3v) is 3.62. The second kappa shape index (κ2) is 5.38. The van der Waals surface area contributed by atoms with Crippen LogP contribution in [0.3, 0.4) is 0 Å². The van der Waals surface area contributed by atoms with Gasteiger partial charge in [0.15, 0.2) is 0 Å². The van der Waals surface area contributed by atoms with E-state index in [-0.39, 0.29) is 17.7 Å². The standard InChI is InChI=1S/C8H11N3OS.ClH/c12-13(7-2-5-9-6-7)8-10-3-1-4-11-8;/h1,3-4,7,9H,2,5-6H2;1H/t7-,13+;/m0./s1. The fraction of sp³-hybridized carbons (Fsp3) is 0.500. The molecule has 2 atom stereocenters.